The number of hydrogen-bond acceptors (Lipinski definition) is 4. The SMILES string of the molecule is Cl.O=C(O)C1CNCCN1C(=O)COc1ccc(Cl)cc1Cl. The summed E-state index contributed by atoms with van der Waals surface area (Å²) >= 11 is 11.7. The van der Waals surface area contributed by atoms with Gasteiger partial charge in [0.15, 0.2) is 6.61 Å². The van der Waals surface area contributed by atoms with Gasteiger partial charge in [-0.05, 0) is 18.2 Å². The lowest BCUT2D eigenvalue weighted by Crippen LogP contribution is -2.57. The van der Waals surface area contributed by atoms with Gasteiger partial charge in [-0.15, -0.1) is 12.4 Å². The average molecular weight is 370 g/mol. The van der Waals surface area contributed by atoms with Crippen LogP contribution in [0.1, 0.15) is 0 Å². The quantitative estimate of drug-likeness (QED) is 0.844. The second-order valence-corrected chi connectivity index (χ2v) is 5.35. The maximum absolute atomic E-state index is 12.1. The number of nitrogens with zero attached hydrogens (tertiary/aromatic N) is 1. The zero-order valence-electron chi connectivity index (χ0n) is 11.4. The maximum Gasteiger partial charge on any atom is 0.327 e. The van der Waals surface area contributed by atoms with Gasteiger partial charge in [0.1, 0.15) is 11.8 Å². The van der Waals surface area contributed by atoms with E-state index in [4.69, 9.17) is 33.0 Å². The molecule has 1 heterocycles. The standard InChI is InChI=1S/C13H14Cl2N2O4.ClH/c14-8-1-2-11(9(15)5-8)21-7-12(18)17-4-3-16-6-10(17)13(19)20;/h1-2,5,10,16H,3-4,6-7H2,(H,19,20);1H. The number of ether oxygens (including phenoxy) is 1. The number of nitrogens with one attached hydrogen (secondary N) is 1. The maximum atomic E-state index is 12.1. The highest BCUT2D eigenvalue weighted by molar-refractivity contribution is 6.35. The summed E-state index contributed by atoms with van der Waals surface area (Å²) < 4.78 is 5.34. The summed E-state index contributed by atoms with van der Waals surface area (Å²) in [6.07, 6.45) is 0. The smallest absolute Gasteiger partial charge is 0.327 e. The van der Waals surface area contributed by atoms with Gasteiger partial charge in [0.05, 0.1) is 5.02 Å². The largest absolute Gasteiger partial charge is 0.482 e. The molecule has 1 saturated heterocycles. The Morgan fingerprint density at radius 3 is 2.77 bits per heavy atom. The third-order valence-electron chi connectivity index (χ3n) is 3.09. The van der Waals surface area contributed by atoms with E-state index in [1.54, 1.807) is 12.1 Å². The second-order valence-electron chi connectivity index (χ2n) is 4.51. The normalized spacial score (nSPS) is 17.5. The van der Waals surface area contributed by atoms with Gasteiger partial charge in [0.2, 0.25) is 0 Å². The number of piperazine rings is 1. The van der Waals surface area contributed by atoms with Crippen LogP contribution in [-0.4, -0.2) is 54.2 Å². The van der Waals surface area contributed by atoms with Crippen LogP contribution in [0, 0.1) is 0 Å². The molecule has 0 radical (unpaired) electrons. The van der Waals surface area contributed by atoms with Crippen LogP contribution < -0.4 is 10.1 Å². The highest BCUT2D eigenvalue weighted by atomic mass is 35.5. The predicted octanol–water partition coefficient (Wildman–Crippen LogP) is 1.68. The van der Waals surface area contributed by atoms with Crippen molar-refractivity contribution in [3.63, 3.8) is 0 Å². The second kappa shape index (κ2) is 8.43. The van der Waals surface area contributed by atoms with Gasteiger partial charge in [-0.2, -0.15) is 0 Å². The molecule has 2 N–H and O–H groups in total. The number of carbonyl (C=O) groups excluding carboxylic acids is 1. The topological polar surface area (TPSA) is 78.9 Å². The van der Waals surface area contributed by atoms with E-state index in [1.165, 1.54) is 11.0 Å². The molecule has 0 saturated carbocycles. The molecule has 0 bridgehead atoms. The Hall–Kier alpha value is -1.21. The first kappa shape index (κ1) is 18.8. The van der Waals surface area contributed by atoms with Crippen molar-refractivity contribution in [2.75, 3.05) is 26.2 Å². The fourth-order valence-corrected chi connectivity index (χ4v) is 2.50. The van der Waals surface area contributed by atoms with Crippen molar-refractivity contribution < 1.29 is 19.4 Å². The minimum Gasteiger partial charge on any atom is -0.482 e. The molecule has 9 heteroatoms. The number of carboxylic acid groups (broad SMARTS) is 1. The van der Waals surface area contributed by atoms with E-state index in [2.05, 4.69) is 5.32 Å². The van der Waals surface area contributed by atoms with E-state index < -0.39 is 17.9 Å². The van der Waals surface area contributed by atoms with Gasteiger partial charge >= 0.3 is 5.97 Å². The number of hydrogen-bond donors (Lipinski definition) is 2. The molecule has 0 spiro atoms. The molecule has 2 rings (SSSR count). The molecule has 122 valence electrons. The van der Waals surface area contributed by atoms with Crippen LogP contribution in [0.15, 0.2) is 18.2 Å². The van der Waals surface area contributed by atoms with Crippen LogP contribution >= 0.6 is 35.6 Å². The zero-order chi connectivity index (χ0) is 15.4. The number of carbonyl (C=O) groups is 2. The van der Waals surface area contributed by atoms with Crippen LogP contribution in [-0.2, 0) is 9.59 Å². The molecule has 22 heavy (non-hydrogen) atoms. The van der Waals surface area contributed by atoms with Gasteiger partial charge in [-0.25, -0.2) is 4.79 Å². The van der Waals surface area contributed by atoms with E-state index in [0.717, 1.165) is 0 Å². The van der Waals surface area contributed by atoms with Crippen LogP contribution in [0.25, 0.3) is 0 Å². The molecule has 1 aliphatic heterocycles. The Morgan fingerprint density at radius 2 is 2.14 bits per heavy atom. The number of aliphatic carboxylic acids is 1. The fraction of sp³-hybridized carbons (Fsp3) is 0.385. The number of halogens is 3. The summed E-state index contributed by atoms with van der Waals surface area (Å²) in [6.45, 7) is 0.832. The first-order chi connectivity index (χ1) is 9.99. The molecular weight excluding hydrogens is 355 g/mol. The van der Waals surface area contributed by atoms with Crippen molar-refractivity contribution in [2.24, 2.45) is 0 Å². The molecular formula is C13H15Cl3N2O4. The van der Waals surface area contributed by atoms with Crippen molar-refractivity contribution in [1.82, 2.24) is 10.2 Å². The number of carboxylic acids is 1. The third-order valence-corrected chi connectivity index (χ3v) is 3.62. The van der Waals surface area contributed by atoms with Crippen molar-refractivity contribution in [3.8, 4) is 5.75 Å². The van der Waals surface area contributed by atoms with E-state index >= 15 is 0 Å². The lowest BCUT2D eigenvalue weighted by Gasteiger charge is -2.33. The number of rotatable bonds is 4. The van der Waals surface area contributed by atoms with E-state index in [-0.39, 0.29) is 25.6 Å². The third kappa shape index (κ3) is 4.64. The molecule has 0 aromatic heterocycles. The molecule has 1 amide bonds. The minimum absolute atomic E-state index is 0. The highest BCUT2D eigenvalue weighted by Gasteiger charge is 2.31. The summed E-state index contributed by atoms with van der Waals surface area (Å²) in [5.41, 5.74) is 0. The fourth-order valence-electron chi connectivity index (χ4n) is 2.04. The summed E-state index contributed by atoms with van der Waals surface area (Å²) in [6, 6.07) is 3.78. The summed E-state index contributed by atoms with van der Waals surface area (Å²) in [5, 5.41) is 12.8. The zero-order valence-corrected chi connectivity index (χ0v) is 13.7. The average Bonchev–Trinajstić information content (AvgIpc) is 2.46. The van der Waals surface area contributed by atoms with Gasteiger partial charge in [-0.3, -0.25) is 4.79 Å². The molecule has 6 nitrogen and oxygen atoms in total. The Bertz CT molecular complexity index is 556. The predicted molar refractivity (Wildman–Crippen MR) is 85.2 cm³/mol. The summed E-state index contributed by atoms with van der Waals surface area (Å²) in [7, 11) is 0. The summed E-state index contributed by atoms with van der Waals surface area (Å²) in [4.78, 5) is 24.5. The van der Waals surface area contributed by atoms with E-state index in [1.807, 2.05) is 0 Å². The summed E-state index contributed by atoms with van der Waals surface area (Å²) in [5.74, 6) is -1.11. The number of benzene rings is 1. The van der Waals surface area contributed by atoms with E-state index in [0.29, 0.717) is 28.9 Å². The Kier molecular flexibility index (Phi) is 7.22. The molecule has 1 aromatic rings. The van der Waals surface area contributed by atoms with E-state index in [9.17, 15) is 9.59 Å². The lowest BCUT2D eigenvalue weighted by molar-refractivity contribution is -0.152. The minimum atomic E-state index is -1.04. The van der Waals surface area contributed by atoms with Gasteiger partial charge in [0.25, 0.3) is 5.91 Å². The molecule has 1 aromatic carbocycles. The van der Waals surface area contributed by atoms with Crippen molar-refractivity contribution >= 4 is 47.5 Å². The molecule has 1 fully saturated rings. The Balaban J connectivity index is 0.00000242. The first-order valence-electron chi connectivity index (χ1n) is 6.30. The van der Waals surface area contributed by atoms with Crippen LogP contribution in [0.5, 0.6) is 5.75 Å². The van der Waals surface area contributed by atoms with Crippen LogP contribution in [0.2, 0.25) is 10.0 Å². The van der Waals surface area contributed by atoms with Crippen molar-refractivity contribution in [1.29, 1.82) is 0 Å². The van der Waals surface area contributed by atoms with Crippen molar-refractivity contribution in [3.05, 3.63) is 28.2 Å². The Morgan fingerprint density at radius 1 is 1.41 bits per heavy atom. The highest BCUT2D eigenvalue weighted by Crippen LogP contribution is 2.27. The monoisotopic (exact) mass is 368 g/mol. The van der Waals surface area contributed by atoms with Gasteiger partial charge in [-0.1, -0.05) is 23.2 Å². The Labute approximate surface area is 143 Å². The van der Waals surface area contributed by atoms with Crippen LogP contribution in [0.4, 0.5) is 0 Å². The van der Waals surface area contributed by atoms with Crippen LogP contribution in [0.3, 0.4) is 0 Å². The van der Waals surface area contributed by atoms with Gasteiger partial charge in [0, 0.05) is 24.7 Å². The molecule has 1 aliphatic rings. The molecule has 1 atom stereocenters. The van der Waals surface area contributed by atoms with Gasteiger partial charge < -0.3 is 20.1 Å². The first-order valence-corrected chi connectivity index (χ1v) is 7.05. The molecule has 1 unspecified atom stereocenters. The van der Waals surface area contributed by atoms with Crippen molar-refractivity contribution in [2.45, 2.75) is 6.04 Å². The molecule has 0 aliphatic carbocycles. The number of amides is 1. The lowest BCUT2D eigenvalue weighted by atomic mass is 10.2.